The van der Waals surface area contributed by atoms with Gasteiger partial charge in [-0.3, -0.25) is 0 Å². The van der Waals surface area contributed by atoms with Gasteiger partial charge in [0.05, 0.1) is 17.8 Å². The van der Waals surface area contributed by atoms with Crippen LogP contribution < -0.4 is 10.1 Å². The number of nitrogens with one attached hydrogen (secondary N) is 1. The lowest BCUT2D eigenvalue weighted by Crippen LogP contribution is -2.03. The molecule has 0 amide bonds. The molecular formula is C13H12ClN3O3. The number of carbonyl (C=O) groups is 1. The highest BCUT2D eigenvalue weighted by Gasteiger charge is 2.15. The SMILES string of the molecule is COc1cc(Nc2cc(C)ncn2)c(Cl)cc1C(=O)O. The van der Waals surface area contributed by atoms with Crippen molar-refractivity contribution < 1.29 is 14.6 Å². The Labute approximate surface area is 120 Å². The Kier molecular flexibility index (Phi) is 4.05. The van der Waals surface area contributed by atoms with Crippen molar-refractivity contribution in [2.45, 2.75) is 6.92 Å². The number of carboxylic acid groups (broad SMARTS) is 1. The summed E-state index contributed by atoms with van der Waals surface area (Å²) in [6.45, 7) is 1.84. The van der Waals surface area contributed by atoms with Crippen LogP contribution in [0.3, 0.4) is 0 Å². The molecule has 1 heterocycles. The van der Waals surface area contributed by atoms with Gasteiger partial charge in [-0.25, -0.2) is 14.8 Å². The summed E-state index contributed by atoms with van der Waals surface area (Å²) in [5.74, 6) is -0.326. The number of rotatable bonds is 4. The molecule has 1 aromatic heterocycles. The molecule has 0 radical (unpaired) electrons. The third-order valence-electron chi connectivity index (χ3n) is 2.59. The van der Waals surface area contributed by atoms with Gasteiger partial charge in [-0.2, -0.15) is 0 Å². The highest BCUT2D eigenvalue weighted by molar-refractivity contribution is 6.33. The van der Waals surface area contributed by atoms with Crippen molar-refractivity contribution in [2.75, 3.05) is 12.4 Å². The van der Waals surface area contributed by atoms with Crippen molar-refractivity contribution in [3.8, 4) is 5.75 Å². The number of anilines is 2. The number of aromatic carboxylic acids is 1. The lowest BCUT2D eigenvalue weighted by atomic mass is 10.1. The van der Waals surface area contributed by atoms with Crippen LogP contribution in [0.25, 0.3) is 0 Å². The molecule has 6 nitrogen and oxygen atoms in total. The highest BCUT2D eigenvalue weighted by Crippen LogP contribution is 2.32. The second-order valence-electron chi connectivity index (χ2n) is 4.01. The zero-order valence-electron chi connectivity index (χ0n) is 10.8. The van der Waals surface area contributed by atoms with Gasteiger partial charge in [-0.15, -0.1) is 0 Å². The third-order valence-corrected chi connectivity index (χ3v) is 2.90. The van der Waals surface area contributed by atoms with Crippen molar-refractivity contribution >= 4 is 29.1 Å². The van der Waals surface area contributed by atoms with Crippen LogP contribution in [0.1, 0.15) is 16.1 Å². The van der Waals surface area contributed by atoms with Gasteiger partial charge < -0.3 is 15.2 Å². The first kappa shape index (κ1) is 14.1. The molecule has 2 aromatic rings. The van der Waals surface area contributed by atoms with Crippen LogP contribution in [0.5, 0.6) is 5.75 Å². The fraction of sp³-hybridized carbons (Fsp3) is 0.154. The van der Waals surface area contributed by atoms with Gasteiger partial charge in [0.1, 0.15) is 23.5 Å². The summed E-state index contributed by atoms with van der Waals surface area (Å²) in [5, 5.41) is 12.3. The first-order valence-electron chi connectivity index (χ1n) is 5.67. The summed E-state index contributed by atoms with van der Waals surface area (Å²) < 4.78 is 5.05. The Bertz CT molecular complexity index is 661. The molecule has 2 rings (SSSR count). The van der Waals surface area contributed by atoms with Crippen molar-refractivity contribution in [3.63, 3.8) is 0 Å². The van der Waals surface area contributed by atoms with Gasteiger partial charge in [-0.05, 0) is 13.0 Å². The Morgan fingerprint density at radius 2 is 2.10 bits per heavy atom. The summed E-state index contributed by atoms with van der Waals surface area (Å²) >= 11 is 6.07. The molecule has 0 bridgehead atoms. The standard InChI is InChI=1S/C13H12ClN3O3/c1-7-3-12(16-6-15-7)17-10-5-11(20-2)8(13(18)19)4-9(10)14/h3-6H,1-2H3,(H,18,19)(H,15,16,17). The Morgan fingerprint density at radius 1 is 1.35 bits per heavy atom. The number of benzene rings is 1. The monoisotopic (exact) mass is 293 g/mol. The number of methoxy groups -OCH3 is 1. The summed E-state index contributed by atoms with van der Waals surface area (Å²) in [6.07, 6.45) is 1.43. The van der Waals surface area contributed by atoms with Crippen LogP contribution in [0.2, 0.25) is 5.02 Å². The van der Waals surface area contributed by atoms with Gasteiger partial charge in [0.2, 0.25) is 0 Å². The van der Waals surface area contributed by atoms with Gasteiger partial charge >= 0.3 is 5.97 Å². The first-order chi connectivity index (χ1) is 9.51. The predicted molar refractivity (Wildman–Crippen MR) is 75.0 cm³/mol. The van der Waals surface area contributed by atoms with Crippen molar-refractivity contribution in [2.24, 2.45) is 0 Å². The van der Waals surface area contributed by atoms with Crippen LogP contribution in [0.4, 0.5) is 11.5 Å². The summed E-state index contributed by atoms with van der Waals surface area (Å²) in [7, 11) is 1.40. The van der Waals surface area contributed by atoms with Crippen molar-refractivity contribution in [1.29, 1.82) is 0 Å². The average molecular weight is 294 g/mol. The fourth-order valence-electron chi connectivity index (χ4n) is 1.65. The van der Waals surface area contributed by atoms with Crippen molar-refractivity contribution in [3.05, 3.63) is 40.8 Å². The molecule has 104 valence electrons. The van der Waals surface area contributed by atoms with E-state index < -0.39 is 5.97 Å². The molecule has 2 N–H and O–H groups in total. The number of carboxylic acids is 1. The molecule has 0 atom stereocenters. The van der Waals surface area contributed by atoms with Crippen LogP contribution >= 0.6 is 11.6 Å². The normalized spacial score (nSPS) is 10.2. The number of ether oxygens (including phenoxy) is 1. The van der Waals surface area contributed by atoms with Crippen molar-refractivity contribution in [1.82, 2.24) is 9.97 Å². The van der Waals surface area contributed by atoms with E-state index in [1.54, 1.807) is 6.07 Å². The van der Waals surface area contributed by atoms with E-state index in [0.717, 1.165) is 5.69 Å². The predicted octanol–water partition coefficient (Wildman–Crippen LogP) is 2.89. The molecular weight excluding hydrogens is 282 g/mol. The molecule has 0 spiro atoms. The zero-order chi connectivity index (χ0) is 14.7. The molecule has 0 aliphatic heterocycles. The van der Waals surface area contributed by atoms with Crippen LogP contribution in [0.15, 0.2) is 24.5 Å². The minimum absolute atomic E-state index is 0.00178. The maximum Gasteiger partial charge on any atom is 0.339 e. The van der Waals surface area contributed by atoms with Crippen LogP contribution in [0, 0.1) is 6.92 Å². The minimum atomic E-state index is -1.10. The third kappa shape index (κ3) is 2.97. The first-order valence-corrected chi connectivity index (χ1v) is 6.05. The molecule has 0 aliphatic carbocycles. The number of aryl methyl sites for hydroxylation is 1. The maximum atomic E-state index is 11.1. The highest BCUT2D eigenvalue weighted by atomic mass is 35.5. The largest absolute Gasteiger partial charge is 0.496 e. The summed E-state index contributed by atoms with van der Waals surface area (Å²) in [4.78, 5) is 19.1. The lowest BCUT2D eigenvalue weighted by Gasteiger charge is -2.12. The fourth-order valence-corrected chi connectivity index (χ4v) is 1.86. The quantitative estimate of drug-likeness (QED) is 0.901. The van der Waals surface area contributed by atoms with Gasteiger partial charge in [0.25, 0.3) is 0 Å². The van der Waals surface area contributed by atoms with E-state index in [-0.39, 0.29) is 16.3 Å². The number of halogens is 1. The van der Waals surface area contributed by atoms with E-state index >= 15 is 0 Å². The molecule has 7 heteroatoms. The second kappa shape index (κ2) is 5.75. The number of hydrogen-bond donors (Lipinski definition) is 2. The topological polar surface area (TPSA) is 84.3 Å². The van der Waals surface area contributed by atoms with E-state index in [0.29, 0.717) is 11.5 Å². The Hall–Kier alpha value is -2.34. The molecule has 0 saturated heterocycles. The van der Waals surface area contributed by atoms with E-state index in [2.05, 4.69) is 15.3 Å². The van der Waals surface area contributed by atoms with Gasteiger partial charge in [-0.1, -0.05) is 11.6 Å². The van der Waals surface area contributed by atoms with E-state index in [9.17, 15) is 4.79 Å². The minimum Gasteiger partial charge on any atom is -0.496 e. The Morgan fingerprint density at radius 3 is 2.70 bits per heavy atom. The second-order valence-corrected chi connectivity index (χ2v) is 4.41. The summed E-state index contributed by atoms with van der Waals surface area (Å²) in [5.41, 5.74) is 1.31. The number of hydrogen-bond acceptors (Lipinski definition) is 5. The van der Waals surface area contributed by atoms with Crippen LogP contribution in [-0.2, 0) is 0 Å². The lowest BCUT2D eigenvalue weighted by molar-refractivity contribution is 0.0693. The van der Waals surface area contributed by atoms with E-state index in [4.69, 9.17) is 21.4 Å². The summed E-state index contributed by atoms with van der Waals surface area (Å²) in [6, 6.07) is 4.59. The molecule has 0 fully saturated rings. The van der Waals surface area contributed by atoms with E-state index in [1.165, 1.54) is 25.6 Å². The van der Waals surface area contributed by atoms with Gasteiger partial charge in [0, 0.05) is 17.8 Å². The van der Waals surface area contributed by atoms with Gasteiger partial charge in [0.15, 0.2) is 0 Å². The Balaban J connectivity index is 2.40. The molecule has 20 heavy (non-hydrogen) atoms. The van der Waals surface area contributed by atoms with E-state index in [1.807, 2.05) is 6.92 Å². The maximum absolute atomic E-state index is 11.1. The molecule has 0 unspecified atom stereocenters. The van der Waals surface area contributed by atoms with Crippen LogP contribution in [-0.4, -0.2) is 28.2 Å². The average Bonchev–Trinajstić information content (AvgIpc) is 2.40. The smallest absolute Gasteiger partial charge is 0.339 e. The molecule has 0 aliphatic rings. The molecule has 1 aromatic carbocycles. The zero-order valence-corrected chi connectivity index (χ0v) is 11.6. The molecule has 0 saturated carbocycles. The number of nitrogens with zero attached hydrogens (tertiary/aromatic N) is 2. The number of aromatic nitrogens is 2.